The average molecular weight is 467 g/mol. The van der Waals surface area contributed by atoms with Crippen molar-refractivity contribution in [1.82, 2.24) is 0 Å². The lowest BCUT2D eigenvalue weighted by Gasteiger charge is -2.13. The predicted octanol–water partition coefficient (Wildman–Crippen LogP) is 7.94. The number of aryl methyl sites for hydroxylation is 2. The Hall–Kier alpha value is -3.16. The lowest BCUT2D eigenvalue weighted by Crippen LogP contribution is -2.18. The fourth-order valence-electron chi connectivity index (χ4n) is 3.53. The molecule has 0 unspecified atom stereocenters. The SMILES string of the molecule is CCCCc1ccc(-c2c([O])cc(F)c(CCc3ccc(OC(F)(F)F)c(F)c3)c2F)cc1. The van der Waals surface area contributed by atoms with Gasteiger partial charge in [-0.3, -0.25) is 5.11 Å². The van der Waals surface area contributed by atoms with E-state index in [-0.39, 0.29) is 29.5 Å². The van der Waals surface area contributed by atoms with Gasteiger partial charge in [0.25, 0.3) is 0 Å². The average Bonchev–Trinajstić information content (AvgIpc) is 2.73. The van der Waals surface area contributed by atoms with E-state index in [1.54, 1.807) is 24.3 Å². The Labute approximate surface area is 187 Å². The van der Waals surface area contributed by atoms with Crippen molar-refractivity contribution >= 4 is 0 Å². The van der Waals surface area contributed by atoms with E-state index in [0.29, 0.717) is 11.6 Å². The van der Waals surface area contributed by atoms with E-state index >= 15 is 4.39 Å². The summed E-state index contributed by atoms with van der Waals surface area (Å²) in [6.45, 7) is 2.06. The number of ether oxygens (including phenoxy) is 1. The number of unbranched alkanes of at least 4 members (excludes halogenated alkanes) is 1. The lowest BCUT2D eigenvalue weighted by atomic mass is 9.95. The molecule has 0 aliphatic heterocycles. The second-order valence-corrected chi connectivity index (χ2v) is 7.64. The molecule has 33 heavy (non-hydrogen) atoms. The summed E-state index contributed by atoms with van der Waals surface area (Å²) in [5, 5.41) is 12.3. The van der Waals surface area contributed by atoms with E-state index in [2.05, 4.69) is 11.7 Å². The zero-order valence-corrected chi connectivity index (χ0v) is 17.7. The van der Waals surface area contributed by atoms with Gasteiger partial charge in [-0.05, 0) is 54.5 Å². The van der Waals surface area contributed by atoms with Gasteiger partial charge in [0, 0.05) is 11.6 Å². The van der Waals surface area contributed by atoms with Crippen LogP contribution in [-0.4, -0.2) is 6.36 Å². The number of alkyl halides is 3. The molecule has 3 aromatic carbocycles. The minimum absolute atomic E-state index is 0.0648. The van der Waals surface area contributed by atoms with Crippen LogP contribution in [-0.2, 0) is 24.4 Å². The molecule has 0 N–H and O–H groups in total. The van der Waals surface area contributed by atoms with Crippen molar-refractivity contribution in [3.8, 4) is 22.6 Å². The molecule has 0 spiro atoms. The quantitative estimate of drug-likeness (QED) is 0.309. The second-order valence-electron chi connectivity index (χ2n) is 7.64. The maximum atomic E-state index is 15.2. The lowest BCUT2D eigenvalue weighted by molar-refractivity contribution is -0.275. The molecule has 0 amide bonds. The molecule has 2 nitrogen and oxygen atoms in total. The smallest absolute Gasteiger partial charge is 0.403 e. The normalized spacial score (nSPS) is 11.6. The molecule has 8 heteroatoms. The van der Waals surface area contributed by atoms with Crippen LogP contribution in [0.5, 0.6) is 11.5 Å². The van der Waals surface area contributed by atoms with Crippen molar-refractivity contribution in [1.29, 1.82) is 0 Å². The van der Waals surface area contributed by atoms with E-state index in [9.17, 15) is 27.1 Å². The van der Waals surface area contributed by atoms with Gasteiger partial charge in [-0.25, -0.2) is 13.2 Å². The molecule has 0 fully saturated rings. The highest BCUT2D eigenvalue weighted by molar-refractivity contribution is 5.72. The summed E-state index contributed by atoms with van der Waals surface area (Å²) in [5.74, 6) is -5.07. The van der Waals surface area contributed by atoms with Crippen LogP contribution < -0.4 is 4.74 Å². The third-order valence-electron chi connectivity index (χ3n) is 5.22. The molecule has 0 aliphatic rings. The standard InChI is InChI=1S/C25H21F6O2/c1-2-3-4-15-5-9-17(10-6-15)23-21(32)14-19(26)18(24(23)28)11-7-16-8-12-22(20(27)13-16)33-25(29,30)31/h5-6,8-10,12-14H,2-4,7,11H2,1H3. The molecule has 0 heterocycles. The molecule has 0 atom stereocenters. The zero-order valence-electron chi connectivity index (χ0n) is 17.7. The molecule has 1 radical (unpaired) electrons. The van der Waals surface area contributed by atoms with Crippen molar-refractivity contribution in [2.45, 2.75) is 45.4 Å². The van der Waals surface area contributed by atoms with Gasteiger partial charge in [0.2, 0.25) is 0 Å². The van der Waals surface area contributed by atoms with Gasteiger partial charge in [0.15, 0.2) is 17.3 Å². The van der Waals surface area contributed by atoms with Crippen molar-refractivity contribution in [3.63, 3.8) is 0 Å². The van der Waals surface area contributed by atoms with E-state index in [0.717, 1.165) is 37.0 Å². The van der Waals surface area contributed by atoms with Crippen molar-refractivity contribution < 1.29 is 36.2 Å². The van der Waals surface area contributed by atoms with Gasteiger partial charge >= 0.3 is 6.36 Å². The van der Waals surface area contributed by atoms with Gasteiger partial charge in [0.1, 0.15) is 11.6 Å². The minimum Gasteiger partial charge on any atom is -0.403 e. The second kappa shape index (κ2) is 10.2. The van der Waals surface area contributed by atoms with Crippen molar-refractivity contribution in [3.05, 3.63) is 82.7 Å². The molecular weight excluding hydrogens is 446 g/mol. The number of benzene rings is 3. The molecule has 3 aromatic rings. The summed E-state index contributed by atoms with van der Waals surface area (Å²) < 4.78 is 83.8. The van der Waals surface area contributed by atoms with Crippen LogP contribution in [0.25, 0.3) is 11.1 Å². The van der Waals surface area contributed by atoms with Crippen LogP contribution in [0.1, 0.15) is 36.5 Å². The number of hydrogen-bond acceptors (Lipinski definition) is 1. The fourth-order valence-corrected chi connectivity index (χ4v) is 3.53. The molecule has 0 saturated carbocycles. The topological polar surface area (TPSA) is 29.1 Å². The maximum Gasteiger partial charge on any atom is 0.573 e. The van der Waals surface area contributed by atoms with Crippen LogP contribution in [0, 0.1) is 17.5 Å². The van der Waals surface area contributed by atoms with E-state index in [1.165, 1.54) is 6.07 Å². The molecule has 0 aliphatic carbocycles. The predicted molar refractivity (Wildman–Crippen MR) is 111 cm³/mol. The van der Waals surface area contributed by atoms with Gasteiger partial charge in [-0.2, -0.15) is 0 Å². The first-order valence-corrected chi connectivity index (χ1v) is 10.4. The Balaban J connectivity index is 1.82. The summed E-state index contributed by atoms with van der Waals surface area (Å²) in [7, 11) is 0. The molecule has 175 valence electrons. The van der Waals surface area contributed by atoms with Crippen LogP contribution in [0.15, 0.2) is 48.5 Å². The number of hydrogen-bond donors (Lipinski definition) is 0. The largest absolute Gasteiger partial charge is 0.573 e. The number of rotatable bonds is 8. The monoisotopic (exact) mass is 467 g/mol. The van der Waals surface area contributed by atoms with Crippen molar-refractivity contribution in [2.75, 3.05) is 0 Å². The third kappa shape index (κ3) is 6.21. The molecule has 3 rings (SSSR count). The van der Waals surface area contributed by atoms with E-state index in [4.69, 9.17) is 0 Å². The Kier molecular flexibility index (Phi) is 7.56. The van der Waals surface area contributed by atoms with Crippen LogP contribution in [0.2, 0.25) is 0 Å². The molecule has 0 saturated heterocycles. The summed E-state index contributed by atoms with van der Waals surface area (Å²) in [4.78, 5) is 0. The van der Waals surface area contributed by atoms with Gasteiger partial charge in [-0.1, -0.05) is 43.7 Å². The molecule has 0 bridgehead atoms. The third-order valence-corrected chi connectivity index (χ3v) is 5.22. The Morgan fingerprint density at radius 3 is 2.09 bits per heavy atom. The van der Waals surface area contributed by atoms with Crippen molar-refractivity contribution in [2.24, 2.45) is 0 Å². The minimum atomic E-state index is -5.04. The van der Waals surface area contributed by atoms with Gasteiger partial charge < -0.3 is 4.74 Å². The van der Waals surface area contributed by atoms with E-state index in [1.807, 2.05) is 0 Å². The summed E-state index contributed by atoms with van der Waals surface area (Å²) in [6, 6.07) is 10.3. The first-order valence-electron chi connectivity index (χ1n) is 10.4. The first-order chi connectivity index (χ1) is 15.6. The number of halogens is 6. The summed E-state index contributed by atoms with van der Waals surface area (Å²) >= 11 is 0. The van der Waals surface area contributed by atoms with E-state index < -0.39 is 35.3 Å². The Morgan fingerprint density at radius 1 is 0.818 bits per heavy atom. The maximum absolute atomic E-state index is 15.2. The van der Waals surface area contributed by atoms with Crippen LogP contribution in [0.3, 0.4) is 0 Å². The van der Waals surface area contributed by atoms with Crippen LogP contribution >= 0.6 is 0 Å². The van der Waals surface area contributed by atoms with Crippen LogP contribution in [0.4, 0.5) is 26.3 Å². The zero-order chi connectivity index (χ0) is 24.2. The highest BCUT2D eigenvalue weighted by atomic mass is 19.4. The summed E-state index contributed by atoms with van der Waals surface area (Å²) in [5.41, 5.74) is 0.965. The Morgan fingerprint density at radius 2 is 1.48 bits per heavy atom. The first kappa shape index (κ1) is 24.5. The van der Waals surface area contributed by atoms with Gasteiger partial charge in [0.05, 0.1) is 5.56 Å². The van der Waals surface area contributed by atoms with Gasteiger partial charge in [-0.15, -0.1) is 13.2 Å². The molecular formula is C25H21F6O2. The Bertz CT molecular complexity index is 1110. The highest BCUT2D eigenvalue weighted by Crippen LogP contribution is 2.36. The molecule has 0 aromatic heterocycles. The fraction of sp³-hybridized carbons (Fsp3) is 0.280. The highest BCUT2D eigenvalue weighted by Gasteiger charge is 2.32. The summed E-state index contributed by atoms with van der Waals surface area (Å²) in [6.07, 6.45) is -2.47.